The van der Waals surface area contributed by atoms with Gasteiger partial charge in [0.2, 0.25) is 5.13 Å². The molecule has 0 saturated carbocycles. The number of hydrogen-bond donors (Lipinski definition) is 3. The van der Waals surface area contributed by atoms with E-state index >= 15 is 0 Å². The van der Waals surface area contributed by atoms with Crippen molar-refractivity contribution < 1.29 is 9.90 Å². The van der Waals surface area contributed by atoms with Gasteiger partial charge in [-0.1, -0.05) is 47.7 Å². The Bertz CT molecular complexity index is 826. The molecule has 3 N–H and O–H groups in total. The lowest BCUT2D eigenvalue weighted by Gasteiger charge is -2.11. The second-order valence-corrected chi connectivity index (χ2v) is 6.69. The fraction of sp³-hybridized carbons (Fsp3) is 0.222. The Morgan fingerprint density at radius 1 is 1.12 bits per heavy atom. The molecule has 3 aromatic rings. The summed E-state index contributed by atoms with van der Waals surface area (Å²) < 4.78 is 0. The van der Waals surface area contributed by atoms with E-state index in [0.717, 1.165) is 17.8 Å². The van der Waals surface area contributed by atoms with Gasteiger partial charge in [0.1, 0.15) is 5.01 Å². The van der Waals surface area contributed by atoms with Crippen LogP contribution < -0.4 is 10.6 Å². The summed E-state index contributed by atoms with van der Waals surface area (Å²) in [5, 5.41) is 24.6. The topological polar surface area (TPSA) is 100 Å². The smallest absolute Gasteiger partial charge is 0.321 e. The van der Waals surface area contributed by atoms with E-state index in [1.165, 1.54) is 16.9 Å². The molecule has 3 rings (SSSR count). The maximum Gasteiger partial charge on any atom is 0.321 e. The monoisotopic (exact) mass is 369 g/mol. The van der Waals surface area contributed by atoms with E-state index in [1.807, 2.05) is 18.2 Å². The van der Waals surface area contributed by atoms with Gasteiger partial charge in [-0.25, -0.2) is 4.79 Å². The van der Waals surface area contributed by atoms with Gasteiger partial charge >= 0.3 is 6.03 Å². The van der Waals surface area contributed by atoms with Gasteiger partial charge in [0.15, 0.2) is 0 Å². The first kappa shape index (κ1) is 18.0. The highest BCUT2D eigenvalue weighted by Crippen LogP contribution is 2.17. The Labute approximate surface area is 155 Å². The number of aliphatic hydroxyl groups is 1. The lowest BCUT2D eigenvalue weighted by Crippen LogP contribution is -2.32. The summed E-state index contributed by atoms with van der Waals surface area (Å²) in [6.45, 7) is 0.0806. The van der Waals surface area contributed by atoms with Crippen molar-refractivity contribution in [2.45, 2.75) is 18.9 Å². The molecule has 0 radical (unpaired) electrons. The van der Waals surface area contributed by atoms with Crippen molar-refractivity contribution >= 4 is 22.5 Å². The average Bonchev–Trinajstić information content (AvgIpc) is 3.13. The second kappa shape index (κ2) is 9.02. The highest BCUT2D eigenvalue weighted by molar-refractivity contribution is 7.15. The van der Waals surface area contributed by atoms with Crippen LogP contribution in [0.5, 0.6) is 0 Å². The number of nitrogens with zero attached hydrogens (tertiary/aromatic N) is 3. The molecule has 2 amide bonds. The summed E-state index contributed by atoms with van der Waals surface area (Å²) >= 11 is 1.34. The third-order valence-electron chi connectivity index (χ3n) is 3.68. The first-order valence-corrected chi connectivity index (χ1v) is 9.01. The minimum absolute atomic E-state index is 0.0806. The quantitative estimate of drug-likeness (QED) is 0.594. The maximum atomic E-state index is 11.9. The molecule has 2 heterocycles. The molecular weight excluding hydrogens is 350 g/mol. The minimum atomic E-state index is -0.815. The van der Waals surface area contributed by atoms with Crippen molar-refractivity contribution in [2.75, 3.05) is 11.9 Å². The summed E-state index contributed by atoms with van der Waals surface area (Å²) in [7, 11) is 0. The molecular formula is C18H19N5O2S. The Kier molecular flexibility index (Phi) is 6.24. The SMILES string of the molecule is O=C(NC[C@@H](O)c1cccnc1)Nc1nnc(CCc2ccccc2)s1. The Morgan fingerprint density at radius 3 is 2.73 bits per heavy atom. The van der Waals surface area contributed by atoms with Crippen molar-refractivity contribution in [2.24, 2.45) is 0 Å². The molecule has 1 aromatic carbocycles. The molecule has 0 spiro atoms. The first-order chi connectivity index (χ1) is 12.7. The zero-order valence-electron chi connectivity index (χ0n) is 14.0. The number of carbonyl (C=O) groups excluding carboxylic acids is 1. The lowest BCUT2D eigenvalue weighted by molar-refractivity contribution is 0.174. The number of aliphatic hydroxyl groups excluding tert-OH is 1. The molecule has 0 saturated heterocycles. The van der Waals surface area contributed by atoms with Crippen molar-refractivity contribution in [1.82, 2.24) is 20.5 Å². The number of carbonyl (C=O) groups is 1. The molecule has 0 aliphatic rings. The number of aryl methyl sites for hydroxylation is 2. The van der Waals surface area contributed by atoms with Crippen LogP contribution in [0.1, 0.15) is 22.2 Å². The van der Waals surface area contributed by atoms with E-state index in [1.54, 1.807) is 24.5 Å². The molecule has 1 atom stereocenters. The molecule has 26 heavy (non-hydrogen) atoms. The zero-order chi connectivity index (χ0) is 18.2. The van der Waals surface area contributed by atoms with E-state index in [4.69, 9.17) is 0 Å². The van der Waals surface area contributed by atoms with Crippen LogP contribution in [0.2, 0.25) is 0 Å². The number of aromatic nitrogens is 3. The van der Waals surface area contributed by atoms with E-state index in [0.29, 0.717) is 10.7 Å². The fourth-order valence-electron chi connectivity index (χ4n) is 2.32. The average molecular weight is 369 g/mol. The Balaban J connectivity index is 1.44. The van der Waals surface area contributed by atoms with Crippen molar-refractivity contribution in [3.05, 3.63) is 71.0 Å². The van der Waals surface area contributed by atoms with Gasteiger partial charge in [0.25, 0.3) is 0 Å². The highest BCUT2D eigenvalue weighted by atomic mass is 32.1. The van der Waals surface area contributed by atoms with Crippen LogP contribution >= 0.6 is 11.3 Å². The lowest BCUT2D eigenvalue weighted by atomic mass is 10.1. The van der Waals surface area contributed by atoms with Gasteiger partial charge in [-0.2, -0.15) is 0 Å². The summed E-state index contributed by atoms with van der Waals surface area (Å²) in [5.74, 6) is 0. The zero-order valence-corrected chi connectivity index (χ0v) is 14.8. The van der Waals surface area contributed by atoms with Gasteiger partial charge < -0.3 is 10.4 Å². The van der Waals surface area contributed by atoms with Crippen molar-refractivity contribution in [3.63, 3.8) is 0 Å². The third-order valence-corrected chi connectivity index (χ3v) is 4.58. The molecule has 134 valence electrons. The number of rotatable bonds is 7. The van der Waals surface area contributed by atoms with E-state index in [2.05, 4.69) is 37.9 Å². The highest BCUT2D eigenvalue weighted by Gasteiger charge is 2.11. The summed E-state index contributed by atoms with van der Waals surface area (Å²) in [6.07, 6.45) is 4.02. The summed E-state index contributed by atoms with van der Waals surface area (Å²) in [6, 6.07) is 13.2. The number of amides is 2. The molecule has 0 fully saturated rings. The molecule has 2 aromatic heterocycles. The summed E-state index contributed by atoms with van der Waals surface area (Å²) in [5.41, 5.74) is 1.88. The van der Waals surface area contributed by atoms with Gasteiger partial charge in [-0.05, 0) is 18.1 Å². The third kappa shape index (κ3) is 5.33. The van der Waals surface area contributed by atoms with Gasteiger partial charge in [0.05, 0.1) is 6.10 Å². The van der Waals surface area contributed by atoms with Crippen molar-refractivity contribution in [3.8, 4) is 0 Å². The number of pyridine rings is 1. The molecule has 8 heteroatoms. The van der Waals surface area contributed by atoms with Gasteiger partial charge in [-0.15, -0.1) is 10.2 Å². The Morgan fingerprint density at radius 2 is 1.96 bits per heavy atom. The van der Waals surface area contributed by atoms with Crippen LogP contribution in [0, 0.1) is 0 Å². The number of benzene rings is 1. The fourth-order valence-corrected chi connectivity index (χ4v) is 3.06. The largest absolute Gasteiger partial charge is 0.387 e. The molecule has 0 aliphatic heterocycles. The second-order valence-electron chi connectivity index (χ2n) is 5.62. The number of anilines is 1. The van der Waals surface area contributed by atoms with Crippen LogP contribution in [-0.2, 0) is 12.8 Å². The molecule has 0 bridgehead atoms. The normalized spacial score (nSPS) is 11.7. The van der Waals surface area contributed by atoms with E-state index in [9.17, 15) is 9.90 Å². The predicted octanol–water partition coefficient (Wildman–Crippen LogP) is 2.57. The van der Waals surface area contributed by atoms with Crippen LogP contribution in [0.3, 0.4) is 0 Å². The number of urea groups is 1. The van der Waals surface area contributed by atoms with Crippen LogP contribution in [0.25, 0.3) is 0 Å². The van der Waals surface area contributed by atoms with Crippen LogP contribution in [-0.4, -0.2) is 32.9 Å². The van der Waals surface area contributed by atoms with Crippen LogP contribution in [0.15, 0.2) is 54.9 Å². The standard InChI is InChI=1S/C18H19N5O2S/c24-15(14-7-4-10-19-11-14)12-20-17(25)21-18-23-22-16(26-18)9-8-13-5-2-1-3-6-13/h1-7,10-11,15,24H,8-9,12H2,(H2,20,21,23,25)/t15-/m1/s1. The maximum absolute atomic E-state index is 11.9. The molecule has 0 aliphatic carbocycles. The number of nitrogens with one attached hydrogen (secondary N) is 2. The van der Waals surface area contributed by atoms with Gasteiger partial charge in [0, 0.05) is 30.9 Å². The van der Waals surface area contributed by atoms with Crippen LogP contribution in [0.4, 0.5) is 9.93 Å². The summed E-state index contributed by atoms with van der Waals surface area (Å²) in [4.78, 5) is 15.9. The van der Waals surface area contributed by atoms with E-state index in [-0.39, 0.29) is 6.54 Å². The number of hydrogen-bond acceptors (Lipinski definition) is 6. The first-order valence-electron chi connectivity index (χ1n) is 8.20. The molecule has 7 nitrogen and oxygen atoms in total. The van der Waals surface area contributed by atoms with E-state index < -0.39 is 12.1 Å². The predicted molar refractivity (Wildman–Crippen MR) is 100.0 cm³/mol. The molecule has 0 unspecified atom stereocenters. The van der Waals surface area contributed by atoms with Crippen molar-refractivity contribution in [1.29, 1.82) is 0 Å². The minimum Gasteiger partial charge on any atom is -0.387 e. The Hall–Kier alpha value is -2.84. The van der Waals surface area contributed by atoms with Gasteiger partial charge in [-0.3, -0.25) is 10.3 Å².